The first-order valence-electron chi connectivity index (χ1n) is 7.81. The standard InChI is InChI=1S/C17H27NO4/c1-4-18(12-10-17(20)21)11-9-16(19)14-5-7-15(8-6-14)22-13(2)3/h5-8,13,16,19H,4,9-12H2,1-3H3,(H,20,21). The molecule has 0 saturated carbocycles. The van der Waals surface area contributed by atoms with Crippen molar-refractivity contribution >= 4 is 5.97 Å². The van der Waals surface area contributed by atoms with Crippen molar-refractivity contribution in [1.29, 1.82) is 0 Å². The van der Waals surface area contributed by atoms with Crippen molar-refractivity contribution in [3.63, 3.8) is 0 Å². The van der Waals surface area contributed by atoms with Gasteiger partial charge in [0, 0.05) is 13.1 Å². The molecule has 0 spiro atoms. The Morgan fingerprint density at radius 1 is 1.23 bits per heavy atom. The maximum absolute atomic E-state index is 10.6. The summed E-state index contributed by atoms with van der Waals surface area (Å²) in [5.41, 5.74) is 0.852. The fraction of sp³-hybridized carbons (Fsp3) is 0.588. The minimum absolute atomic E-state index is 0.128. The lowest BCUT2D eigenvalue weighted by Crippen LogP contribution is -2.28. The number of aliphatic hydroxyl groups is 1. The first kappa shape index (κ1) is 18.5. The third-order valence-corrected chi connectivity index (χ3v) is 3.44. The molecule has 1 aromatic carbocycles. The summed E-state index contributed by atoms with van der Waals surface area (Å²) in [7, 11) is 0. The average molecular weight is 309 g/mol. The Bertz CT molecular complexity index is 444. The smallest absolute Gasteiger partial charge is 0.304 e. The van der Waals surface area contributed by atoms with Crippen LogP contribution in [0.2, 0.25) is 0 Å². The topological polar surface area (TPSA) is 70.0 Å². The van der Waals surface area contributed by atoms with Gasteiger partial charge in [0.1, 0.15) is 5.75 Å². The van der Waals surface area contributed by atoms with Crippen LogP contribution in [-0.4, -0.2) is 46.8 Å². The van der Waals surface area contributed by atoms with E-state index in [1.165, 1.54) is 0 Å². The number of benzene rings is 1. The van der Waals surface area contributed by atoms with Gasteiger partial charge in [0.25, 0.3) is 0 Å². The van der Waals surface area contributed by atoms with Crippen LogP contribution in [-0.2, 0) is 4.79 Å². The molecule has 0 radical (unpaired) electrons. The van der Waals surface area contributed by atoms with Crippen LogP contribution in [0, 0.1) is 0 Å². The van der Waals surface area contributed by atoms with Gasteiger partial charge < -0.3 is 19.8 Å². The number of hydrogen-bond acceptors (Lipinski definition) is 4. The molecule has 1 aromatic rings. The van der Waals surface area contributed by atoms with E-state index < -0.39 is 12.1 Å². The summed E-state index contributed by atoms with van der Waals surface area (Å²) in [6.45, 7) is 7.90. The Balaban J connectivity index is 2.46. The van der Waals surface area contributed by atoms with Gasteiger partial charge in [-0.1, -0.05) is 19.1 Å². The zero-order chi connectivity index (χ0) is 16.5. The van der Waals surface area contributed by atoms with Crippen molar-refractivity contribution in [1.82, 2.24) is 4.90 Å². The Kier molecular flexibility index (Phi) is 7.91. The highest BCUT2D eigenvalue weighted by Gasteiger charge is 2.11. The van der Waals surface area contributed by atoms with Gasteiger partial charge in [0.05, 0.1) is 18.6 Å². The highest BCUT2D eigenvalue weighted by Crippen LogP contribution is 2.21. The van der Waals surface area contributed by atoms with Crippen LogP contribution in [0.5, 0.6) is 5.75 Å². The van der Waals surface area contributed by atoms with Crippen LogP contribution >= 0.6 is 0 Å². The normalized spacial score (nSPS) is 12.6. The molecule has 5 heteroatoms. The number of aliphatic carboxylic acids is 1. The van der Waals surface area contributed by atoms with Gasteiger partial charge >= 0.3 is 5.97 Å². The Hall–Kier alpha value is -1.59. The van der Waals surface area contributed by atoms with E-state index in [1.54, 1.807) is 0 Å². The molecule has 0 bridgehead atoms. The highest BCUT2D eigenvalue weighted by molar-refractivity contribution is 5.66. The minimum atomic E-state index is -0.792. The summed E-state index contributed by atoms with van der Waals surface area (Å²) in [5.74, 6) is 0.00216. The van der Waals surface area contributed by atoms with Crippen molar-refractivity contribution < 1.29 is 19.7 Å². The fourth-order valence-electron chi connectivity index (χ4n) is 2.19. The minimum Gasteiger partial charge on any atom is -0.491 e. The van der Waals surface area contributed by atoms with E-state index in [0.717, 1.165) is 17.9 Å². The first-order valence-corrected chi connectivity index (χ1v) is 7.81. The lowest BCUT2D eigenvalue weighted by Gasteiger charge is -2.21. The molecule has 0 heterocycles. The van der Waals surface area contributed by atoms with Crippen molar-refractivity contribution in [2.75, 3.05) is 19.6 Å². The van der Waals surface area contributed by atoms with Crippen LogP contribution in [0.15, 0.2) is 24.3 Å². The lowest BCUT2D eigenvalue weighted by atomic mass is 10.1. The fourth-order valence-corrected chi connectivity index (χ4v) is 2.19. The molecule has 1 rings (SSSR count). The Morgan fingerprint density at radius 2 is 1.86 bits per heavy atom. The number of hydrogen-bond donors (Lipinski definition) is 2. The van der Waals surface area contributed by atoms with Crippen molar-refractivity contribution in [3.8, 4) is 5.75 Å². The van der Waals surface area contributed by atoms with Gasteiger partial charge in [-0.3, -0.25) is 4.79 Å². The van der Waals surface area contributed by atoms with Crippen LogP contribution < -0.4 is 4.74 Å². The molecule has 0 aliphatic heterocycles. The third kappa shape index (κ3) is 6.91. The van der Waals surface area contributed by atoms with Gasteiger partial charge in [-0.15, -0.1) is 0 Å². The van der Waals surface area contributed by atoms with E-state index in [4.69, 9.17) is 9.84 Å². The molecule has 0 fully saturated rings. The molecule has 1 atom stereocenters. The first-order chi connectivity index (χ1) is 10.4. The monoisotopic (exact) mass is 309 g/mol. The number of nitrogens with zero attached hydrogens (tertiary/aromatic N) is 1. The number of ether oxygens (including phenoxy) is 1. The van der Waals surface area contributed by atoms with Gasteiger partial charge in [-0.2, -0.15) is 0 Å². The molecule has 22 heavy (non-hydrogen) atoms. The summed E-state index contributed by atoms with van der Waals surface area (Å²) < 4.78 is 5.57. The second kappa shape index (κ2) is 9.43. The maximum Gasteiger partial charge on any atom is 0.304 e. The molecule has 1 unspecified atom stereocenters. The number of rotatable bonds is 10. The molecule has 0 saturated heterocycles. The molecule has 0 aromatic heterocycles. The number of carboxylic acids is 1. The number of aliphatic hydroxyl groups excluding tert-OH is 1. The summed E-state index contributed by atoms with van der Waals surface area (Å²) in [6.07, 6.45) is 0.290. The second-order valence-corrected chi connectivity index (χ2v) is 5.62. The van der Waals surface area contributed by atoms with E-state index >= 15 is 0 Å². The molecule has 0 amide bonds. The Labute approximate surface area is 132 Å². The quantitative estimate of drug-likeness (QED) is 0.695. The van der Waals surface area contributed by atoms with E-state index in [2.05, 4.69) is 0 Å². The zero-order valence-electron chi connectivity index (χ0n) is 13.7. The van der Waals surface area contributed by atoms with Gasteiger partial charge in [0.2, 0.25) is 0 Å². The second-order valence-electron chi connectivity index (χ2n) is 5.62. The predicted molar refractivity (Wildman–Crippen MR) is 86.1 cm³/mol. The third-order valence-electron chi connectivity index (χ3n) is 3.44. The van der Waals surface area contributed by atoms with E-state index in [9.17, 15) is 9.90 Å². The van der Waals surface area contributed by atoms with Gasteiger partial charge in [-0.25, -0.2) is 0 Å². The van der Waals surface area contributed by atoms with Crippen LogP contribution in [0.1, 0.15) is 45.3 Å². The summed E-state index contributed by atoms with van der Waals surface area (Å²) >= 11 is 0. The van der Waals surface area contributed by atoms with Crippen molar-refractivity contribution in [2.45, 2.75) is 45.8 Å². The van der Waals surface area contributed by atoms with Crippen LogP contribution in [0.25, 0.3) is 0 Å². The molecule has 5 nitrogen and oxygen atoms in total. The van der Waals surface area contributed by atoms with Crippen molar-refractivity contribution in [3.05, 3.63) is 29.8 Å². The van der Waals surface area contributed by atoms with Crippen LogP contribution in [0.4, 0.5) is 0 Å². The lowest BCUT2D eigenvalue weighted by molar-refractivity contribution is -0.137. The zero-order valence-corrected chi connectivity index (χ0v) is 13.7. The van der Waals surface area contributed by atoms with Crippen molar-refractivity contribution in [2.24, 2.45) is 0 Å². The van der Waals surface area contributed by atoms with Gasteiger partial charge in [-0.05, 0) is 44.5 Å². The van der Waals surface area contributed by atoms with Crippen LogP contribution in [0.3, 0.4) is 0 Å². The number of carboxylic acid groups (broad SMARTS) is 1. The average Bonchev–Trinajstić information content (AvgIpc) is 2.47. The molecular weight excluding hydrogens is 282 g/mol. The van der Waals surface area contributed by atoms with E-state index in [-0.39, 0.29) is 12.5 Å². The predicted octanol–water partition coefficient (Wildman–Crippen LogP) is 2.69. The Morgan fingerprint density at radius 3 is 2.36 bits per heavy atom. The maximum atomic E-state index is 10.6. The summed E-state index contributed by atoms with van der Waals surface area (Å²) in [4.78, 5) is 12.6. The van der Waals surface area contributed by atoms with Gasteiger partial charge in [0.15, 0.2) is 0 Å². The largest absolute Gasteiger partial charge is 0.491 e. The van der Waals surface area contributed by atoms with E-state index in [0.29, 0.717) is 19.5 Å². The summed E-state index contributed by atoms with van der Waals surface area (Å²) in [6, 6.07) is 7.47. The molecular formula is C17H27NO4. The molecule has 124 valence electrons. The SMILES string of the molecule is CCN(CCC(=O)O)CCC(O)c1ccc(OC(C)C)cc1. The molecule has 2 N–H and O–H groups in total. The highest BCUT2D eigenvalue weighted by atomic mass is 16.5. The molecule has 0 aliphatic carbocycles. The number of carbonyl (C=O) groups is 1. The van der Waals surface area contributed by atoms with E-state index in [1.807, 2.05) is 49.9 Å². The summed E-state index contributed by atoms with van der Waals surface area (Å²) in [5, 5.41) is 18.9. The molecule has 0 aliphatic rings.